The summed E-state index contributed by atoms with van der Waals surface area (Å²) in [7, 11) is 0. The number of nitrogens with zero attached hydrogens (tertiary/aromatic N) is 3. The Bertz CT molecular complexity index is 1050. The predicted molar refractivity (Wildman–Crippen MR) is 99.3 cm³/mol. The lowest BCUT2D eigenvalue weighted by atomic mass is 10.1. The molecule has 4 nitrogen and oxygen atoms in total. The third-order valence-electron chi connectivity index (χ3n) is 4.37. The van der Waals surface area contributed by atoms with Crippen LogP contribution in [0.1, 0.15) is 25.3 Å². The van der Waals surface area contributed by atoms with Gasteiger partial charge in [-0.2, -0.15) is 0 Å². The Balaban J connectivity index is 1.81. The highest BCUT2D eigenvalue weighted by atomic mass is 19.1. The van der Waals surface area contributed by atoms with Gasteiger partial charge in [0.25, 0.3) is 5.89 Å². The van der Waals surface area contributed by atoms with E-state index in [4.69, 9.17) is 4.42 Å². The third kappa shape index (κ3) is 3.12. The van der Waals surface area contributed by atoms with Crippen molar-refractivity contribution in [3.8, 4) is 11.6 Å². The number of aromatic nitrogens is 3. The van der Waals surface area contributed by atoms with Crippen LogP contribution in [0.2, 0.25) is 0 Å². The van der Waals surface area contributed by atoms with Gasteiger partial charge in [-0.15, -0.1) is 10.2 Å². The van der Waals surface area contributed by atoms with Gasteiger partial charge < -0.3 is 8.98 Å². The molecule has 0 aliphatic rings. The quantitative estimate of drug-likeness (QED) is 0.505. The minimum absolute atomic E-state index is 0.220. The minimum atomic E-state index is -0.220. The number of para-hydroxylation sites is 1. The summed E-state index contributed by atoms with van der Waals surface area (Å²) in [6, 6.07) is 16.8. The standard InChI is InChI=1S/C21H20FN3O/c1-14(2)11-20-23-24-21(26-20)19-12-15-7-4-6-10-18(15)25(19)13-16-8-3-5-9-17(16)22/h3-10,12,14H,11,13H2,1-2H3. The first kappa shape index (κ1) is 16.5. The molecule has 0 amide bonds. The highest BCUT2D eigenvalue weighted by Gasteiger charge is 2.17. The van der Waals surface area contributed by atoms with Crippen molar-refractivity contribution in [1.29, 1.82) is 0 Å². The summed E-state index contributed by atoms with van der Waals surface area (Å²) in [5, 5.41) is 9.45. The van der Waals surface area contributed by atoms with E-state index in [1.54, 1.807) is 12.1 Å². The zero-order valence-corrected chi connectivity index (χ0v) is 14.8. The van der Waals surface area contributed by atoms with Gasteiger partial charge in [-0.1, -0.05) is 50.2 Å². The van der Waals surface area contributed by atoms with Crippen LogP contribution in [0.4, 0.5) is 4.39 Å². The molecular formula is C21H20FN3O. The number of benzene rings is 2. The van der Waals surface area contributed by atoms with E-state index in [1.165, 1.54) is 6.07 Å². The lowest BCUT2D eigenvalue weighted by molar-refractivity contribution is 0.464. The van der Waals surface area contributed by atoms with Crippen LogP contribution in [0.3, 0.4) is 0 Å². The second kappa shape index (κ2) is 6.75. The van der Waals surface area contributed by atoms with Crippen molar-refractivity contribution >= 4 is 10.9 Å². The van der Waals surface area contributed by atoms with Crippen LogP contribution >= 0.6 is 0 Å². The van der Waals surface area contributed by atoms with Gasteiger partial charge in [0, 0.05) is 22.9 Å². The number of hydrogen-bond donors (Lipinski definition) is 0. The molecule has 0 radical (unpaired) electrons. The molecule has 0 saturated carbocycles. The molecule has 2 aromatic carbocycles. The van der Waals surface area contributed by atoms with E-state index >= 15 is 0 Å². The van der Waals surface area contributed by atoms with Crippen molar-refractivity contribution in [3.63, 3.8) is 0 Å². The molecular weight excluding hydrogens is 329 g/mol. The van der Waals surface area contributed by atoms with Crippen LogP contribution in [0, 0.1) is 11.7 Å². The van der Waals surface area contributed by atoms with Gasteiger partial charge in [0.05, 0.1) is 6.54 Å². The van der Waals surface area contributed by atoms with E-state index < -0.39 is 0 Å². The molecule has 5 heteroatoms. The van der Waals surface area contributed by atoms with Gasteiger partial charge in [-0.25, -0.2) is 4.39 Å². The van der Waals surface area contributed by atoms with Crippen LogP contribution in [0.15, 0.2) is 59.0 Å². The molecule has 0 spiro atoms. The van der Waals surface area contributed by atoms with Gasteiger partial charge in [-0.3, -0.25) is 0 Å². The summed E-state index contributed by atoms with van der Waals surface area (Å²) in [5.41, 5.74) is 2.43. The van der Waals surface area contributed by atoms with E-state index in [0.29, 0.717) is 29.8 Å². The van der Waals surface area contributed by atoms with Crippen molar-refractivity contribution in [2.45, 2.75) is 26.8 Å². The predicted octanol–water partition coefficient (Wildman–Crippen LogP) is 5.08. The smallest absolute Gasteiger partial charge is 0.264 e. The Morgan fingerprint density at radius 1 is 1.04 bits per heavy atom. The van der Waals surface area contributed by atoms with E-state index in [-0.39, 0.29) is 5.82 Å². The van der Waals surface area contributed by atoms with Crippen molar-refractivity contribution in [1.82, 2.24) is 14.8 Å². The summed E-state index contributed by atoms with van der Waals surface area (Å²) < 4.78 is 22.1. The first-order chi connectivity index (χ1) is 12.6. The van der Waals surface area contributed by atoms with Crippen molar-refractivity contribution in [2.75, 3.05) is 0 Å². The molecule has 0 unspecified atom stereocenters. The van der Waals surface area contributed by atoms with Crippen LogP contribution in [-0.4, -0.2) is 14.8 Å². The fourth-order valence-corrected chi connectivity index (χ4v) is 3.14. The second-order valence-corrected chi connectivity index (χ2v) is 6.86. The van der Waals surface area contributed by atoms with E-state index in [1.807, 2.05) is 41.0 Å². The van der Waals surface area contributed by atoms with Gasteiger partial charge in [0.1, 0.15) is 11.5 Å². The summed E-state index contributed by atoms with van der Waals surface area (Å²) in [6.45, 7) is 4.62. The summed E-state index contributed by atoms with van der Waals surface area (Å²) in [6.07, 6.45) is 0.737. The molecule has 0 fully saturated rings. The molecule has 26 heavy (non-hydrogen) atoms. The van der Waals surface area contributed by atoms with Crippen molar-refractivity contribution < 1.29 is 8.81 Å². The summed E-state index contributed by atoms with van der Waals surface area (Å²) >= 11 is 0. The van der Waals surface area contributed by atoms with E-state index in [0.717, 1.165) is 23.0 Å². The topological polar surface area (TPSA) is 43.9 Å². The Kier molecular flexibility index (Phi) is 4.29. The Morgan fingerprint density at radius 3 is 2.62 bits per heavy atom. The Hall–Kier alpha value is -2.95. The van der Waals surface area contributed by atoms with Crippen LogP contribution < -0.4 is 0 Å². The molecule has 0 bridgehead atoms. The average molecular weight is 349 g/mol. The fourth-order valence-electron chi connectivity index (χ4n) is 3.14. The Morgan fingerprint density at radius 2 is 1.81 bits per heavy atom. The summed E-state index contributed by atoms with van der Waals surface area (Å²) in [4.78, 5) is 0. The molecule has 132 valence electrons. The zero-order chi connectivity index (χ0) is 18.1. The molecule has 2 aromatic heterocycles. The number of rotatable bonds is 5. The third-order valence-corrected chi connectivity index (χ3v) is 4.37. The zero-order valence-electron chi connectivity index (χ0n) is 14.8. The monoisotopic (exact) mass is 349 g/mol. The number of fused-ring (bicyclic) bond motifs is 1. The number of halogens is 1. The summed E-state index contributed by atoms with van der Waals surface area (Å²) in [5.74, 6) is 1.31. The van der Waals surface area contributed by atoms with Crippen LogP contribution in [0.5, 0.6) is 0 Å². The molecule has 2 heterocycles. The molecule has 4 aromatic rings. The second-order valence-electron chi connectivity index (χ2n) is 6.86. The highest BCUT2D eigenvalue weighted by molar-refractivity contribution is 5.85. The largest absolute Gasteiger partial charge is 0.419 e. The van der Waals surface area contributed by atoms with Crippen LogP contribution in [-0.2, 0) is 13.0 Å². The Labute approximate surface area is 151 Å². The molecule has 0 N–H and O–H groups in total. The van der Waals surface area contributed by atoms with E-state index in [9.17, 15) is 4.39 Å². The normalized spacial score (nSPS) is 11.5. The maximum Gasteiger partial charge on any atom is 0.264 e. The van der Waals surface area contributed by atoms with Gasteiger partial charge in [0.2, 0.25) is 5.89 Å². The molecule has 0 aliphatic carbocycles. The first-order valence-corrected chi connectivity index (χ1v) is 8.76. The molecule has 0 saturated heterocycles. The SMILES string of the molecule is CC(C)Cc1nnc(-c2cc3ccccc3n2Cc2ccccc2F)o1. The maximum absolute atomic E-state index is 14.2. The van der Waals surface area contributed by atoms with Gasteiger partial charge in [0.15, 0.2) is 0 Å². The highest BCUT2D eigenvalue weighted by Crippen LogP contribution is 2.29. The van der Waals surface area contributed by atoms with Crippen molar-refractivity contribution in [3.05, 3.63) is 71.9 Å². The molecule has 0 atom stereocenters. The lowest BCUT2D eigenvalue weighted by Crippen LogP contribution is -2.03. The fraction of sp³-hybridized carbons (Fsp3) is 0.238. The van der Waals surface area contributed by atoms with Gasteiger partial charge in [-0.05, 0) is 24.1 Å². The van der Waals surface area contributed by atoms with E-state index in [2.05, 4.69) is 24.0 Å². The van der Waals surface area contributed by atoms with Gasteiger partial charge >= 0.3 is 0 Å². The lowest BCUT2D eigenvalue weighted by Gasteiger charge is -2.10. The molecule has 0 aliphatic heterocycles. The minimum Gasteiger partial charge on any atom is -0.419 e. The van der Waals surface area contributed by atoms with Crippen LogP contribution in [0.25, 0.3) is 22.5 Å². The maximum atomic E-state index is 14.2. The molecule has 4 rings (SSSR count). The van der Waals surface area contributed by atoms with Crippen molar-refractivity contribution in [2.24, 2.45) is 5.92 Å². The average Bonchev–Trinajstić information content (AvgIpc) is 3.21. The first-order valence-electron chi connectivity index (χ1n) is 8.76. The number of hydrogen-bond acceptors (Lipinski definition) is 3.